The van der Waals surface area contributed by atoms with Gasteiger partial charge in [0, 0.05) is 19.6 Å². The highest BCUT2D eigenvalue weighted by Crippen LogP contribution is 2.21. The average Bonchev–Trinajstić information content (AvgIpc) is 2.37. The zero-order chi connectivity index (χ0) is 13.9. The Morgan fingerprint density at radius 1 is 1.47 bits per heavy atom. The fourth-order valence-corrected chi connectivity index (χ4v) is 3.12. The zero-order valence-corrected chi connectivity index (χ0v) is 11.6. The second-order valence-electron chi connectivity index (χ2n) is 4.57. The van der Waals surface area contributed by atoms with E-state index in [4.69, 9.17) is 4.74 Å². The van der Waals surface area contributed by atoms with Crippen LogP contribution in [0.4, 0.5) is 0 Å². The topological polar surface area (TPSA) is 78.9 Å². The molecule has 0 aliphatic carbocycles. The van der Waals surface area contributed by atoms with Gasteiger partial charge in [-0.15, -0.1) is 0 Å². The van der Waals surface area contributed by atoms with Crippen LogP contribution in [0.3, 0.4) is 0 Å². The number of para-hydroxylation sites is 1. The minimum atomic E-state index is -3.71. The molecule has 0 bridgehead atoms. The van der Waals surface area contributed by atoms with Crippen LogP contribution >= 0.6 is 0 Å². The molecule has 1 unspecified atom stereocenters. The van der Waals surface area contributed by atoms with Crippen LogP contribution in [0.1, 0.15) is 0 Å². The number of hydrogen-bond acceptors (Lipinski definition) is 5. The monoisotopic (exact) mass is 286 g/mol. The Kier molecular flexibility index (Phi) is 4.41. The molecule has 1 aliphatic rings. The summed E-state index contributed by atoms with van der Waals surface area (Å²) in [7, 11) is -1.74. The number of hydrogen-bond donors (Lipinski definition) is 2. The number of rotatable bonds is 4. The Morgan fingerprint density at radius 2 is 2.21 bits per heavy atom. The average molecular weight is 286 g/mol. The van der Waals surface area contributed by atoms with Gasteiger partial charge >= 0.3 is 0 Å². The van der Waals surface area contributed by atoms with Gasteiger partial charge < -0.3 is 14.7 Å². The van der Waals surface area contributed by atoms with Crippen molar-refractivity contribution in [1.29, 1.82) is 0 Å². The number of likely N-dealkylation sites (N-methyl/N-ethyl adjacent to an activating group) is 1. The maximum Gasteiger partial charge on any atom is 0.244 e. The molecule has 0 spiro atoms. The molecule has 0 amide bonds. The van der Waals surface area contributed by atoms with E-state index in [9.17, 15) is 13.5 Å². The molecule has 19 heavy (non-hydrogen) atoms. The zero-order valence-electron chi connectivity index (χ0n) is 10.7. The van der Waals surface area contributed by atoms with Gasteiger partial charge in [0.15, 0.2) is 0 Å². The predicted molar refractivity (Wildman–Crippen MR) is 70.5 cm³/mol. The normalized spacial score (nSPS) is 21.4. The van der Waals surface area contributed by atoms with Crippen molar-refractivity contribution in [2.75, 3.05) is 33.3 Å². The standard InChI is InChI=1S/C12H18N2O4S/c1-14-6-7-18-10(9-14)8-13-19(16,17)12-5-3-2-4-11(12)15/h2-5,10,13,15H,6-9H2,1H3. The fourth-order valence-electron chi connectivity index (χ4n) is 1.96. The van der Waals surface area contributed by atoms with E-state index in [0.29, 0.717) is 13.2 Å². The van der Waals surface area contributed by atoms with Crippen molar-refractivity contribution in [3.63, 3.8) is 0 Å². The van der Waals surface area contributed by atoms with E-state index in [-0.39, 0.29) is 23.3 Å². The molecular formula is C12H18N2O4S. The van der Waals surface area contributed by atoms with E-state index in [1.807, 2.05) is 7.05 Å². The first kappa shape index (κ1) is 14.3. The molecule has 1 aromatic carbocycles. The lowest BCUT2D eigenvalue weighted by Gasteiger charge is -2.30. The quantitative estimate of drug-likeness (QED) is 0.814. The van der Waals surface area contributed by atoms with Crippen molar-refractivity contribution in [3.8, 4) is 5.75 Å². The number of phenols is 1. The van der Waals surface area contributed by atoms with Gasteiger partial charge in [-0.25, -0.2) is 13.1 Å². The third-order valence-corrected chi connectivity index (χ3v) is 4.47. The van der Waals surface area contributed by atoms with E-state index in [0.717, 1.165) is 6.54 Å². The van der Waals surface area contributed by atoms with Crippen molar-refractivity contribution < 1.29 is 18.3 Å². The summed E-state index contributed by atoms with van der Waals surface area (Å²) in [5, 5.41) is 9.57. The lowest BCUT2D eigenvalue weighted by molar-refractivity contribution is -0.0156. The lowest BCUT2D eigenvalue weighted by atomic mass is 10.3. The summed E-state index contributed by atoms with van der Waals surface area (Å²) in [6.07, 6.45) is -0.167. The number of morpholine rings is 1. The molecule has 2 rings (SSSR count). The van der Waals surface area contributed by atoms with Crippen molar-refractivity contribution in [2.45, 2.75) is 11.0 Å². The van der Waals surface area contributed by atoms with Gasteiger partial charge in [0.2, 0.25) is 10.0 Å². The molecule has 7 heteroatoms. The Morgan fingerprint density at radius 3 is 2.89 bits per heavy atom. The summed E-state index contributed by atoms with van der Waals surface area (Å²) in [4.78, 5) is 1.97. The van der Waals surface area contributed by atoms with Crippen LogP contribution in [-0.2, 0) is 14.8 Å². The molecule has 1 aromatic rings. The van der Waals surface area contributed by atoms with Crippen LogP contribution in [-0.4, -0.2) is 57.8 Å². The van der Waals surface area contributed by atoms with Gasteiger partial charge in [0.25, 0.3) is 0 Å². The number of phenolic OH excluding ortho intramolecular Hbond substituents is 1. The Labute approximate surface area is 113 Å². The molecule has 106 valence electrons. The van der Waals surface area contributed by atoms with Gasteiger partial charge in [-0.2, -0.15) is 0 Å². The molecule has 1 heterocycles. The van der Waals surface area contributed by atoms with Crippen LogP contribution in [0.2, 0.25) is 0 Å². The van der Waals surface area contributed by atoms with Gasteiger partial charge in [-0.3, -0.25) is 0 Å². The second-order valence-corrected chi connectivity index (χ2v) is 6.31. The smallest absolute Gasteiger partial charge is 0.244 e. The Bertz CT molecular complexity index is 532. The van der Waals surface area contributed by atoms with E-state index < -0.39 is 10.0 Å². The molecule has 1 aliphatic heterocycles. The van der Waals surface area contributed by atoms with E-state index >= 15 is 0 Å². The fraction of sp³-hybridized carbons (Fsp3) is 0.500. The summed E-state index contributed by atoms with van der Waals surface area (Å²) in [6, 6.07) is 5.86. The van der Waals surface area contributed by atoms with Crippen LogP contribution < -0.4 is 4.72 Å². The predicted octanol–water partition coefficient (Wildman–Crippen LogP) is 0.00110. The molecule has 1 atom stereocenters. The maximum atomic E-state index is 12.0. The summed E-state index contributed by atoms with van der Waals surface area (Å²) in [6.45, 7) is 2.33. The van der Waals surface area contributed by atoms with Crippen molar-refractivity contribution in [1.82, 2.24) is 9.62 Å². The summed E-state index contributed by atoms with van der Waals surface area (Å²) < 4.78 is 32.0. The maximum absolute atomic E-state index is 12.0. The summed E-state index contributed by atoms with van der Waals surface area (Å²) in [5.74, 6) is -0.253. The first-order valence-electron chi connectivity index (χ1n) is 6.07. The van der Waals surface area contributed by atoms with Crippen LogP contribution in [0.15, 0.2) is 29.2 Å². The van der Waals surface area contributed by atoms with E-state index in [1.54, 1.807) is 12.1 Å². The molecule has 0 aromatic heterocycles. The van der Waals surface area contributed by atoms with Crippen LogP contribution in [0, 0.1) is 0 Å². The van der Waals surface area contributed by atoms with Crippen molar-refractivity contribution in [2.24, 2.45) is 0 Å². The number of aromatic hydroxyl groups is 1. The highest BCUT2D eigenvalue weighted by atomic mass is 32.2. The molecule has 0 saturated carbocycles. The Hall–Kier alpha value is -1.15. The largest absolute Gasteiger partial charge is 0.507 e. The van der Waals surface area contributed by atoms with Crippen LogP contribution in [0.25, 0.3) is 0 Å². The third kappa shape index (κ3) is 3.66. The number of benzene rings is 1. The first-order chi connectivity index (χ1) is 8.99. The molecular weight excluding hydrogens is 268 g/mol. The highest BCUT2D eigenvalue weighted by Gasteiger charge is 2.22. The minimum absolute atomic E-state index is 0.112. The minimum Gasteiger partial charge on any atom is -0.507 e. The SMILES string of the molecule is CN1CCOC(CNS(=O)(=O)c2ccccc2O)C1. The number of nitrogens with one attached hydrogen (secondary N) is 1. The first-order valence-corrected chi connectivity index (χ1v) is 7.55. The molecule has 6 nitrogen and oxygen atoms in total. The molecule has 1 saturated heterocycles. The van der Waals surface area contributed by atoms with E-state index in [2.05, 4.69) is 9.62 Å². The summed E-state index contributed by atoms with van der Waals surface area (Å²) in [5.41, 5.74) is 0. The van der Waals surface area contributed by atoms with E-state index in [1.165, 1.54) is 12.1 Å². The van der Waals surface area contributed by atoms with Crippen molar-refractivity contribution in [3.05, 3.63) is 24.3 Å². The van der Waals surface area contributed by atoms with Crippen molar-refractivity contribution >= 4 is 10.0 Å². The van der Waals surface area contributed by atoms with Gasteiger partial charge in [0.1, 0.15) is 10.6 Å². The number of ether oxygens (including phenoxy) is 1. The van der Waals surface area contributed by atoms with Gasteiger partial charge in [-0.1, -0.05) is 12.1 Å². The second kappa shape index (κ2) is 5.87. The lowest BCUT2D eigenvalue weighted by Crippen LogP contribution is -2.45. The number of nitrogens with zero attached hydrogens (tertiary/aromatic N) is 1. The summed E-state index contributed by atoms with van der Waals surface area (Å²) >= 11 is 0. The van der Waals surface area contributed by atoms with Gasteiger partial charge in [-0.05, 0) is 19.2 Å². The van der Waals surface area contributed by atoms with Gasteiger partial charge in [0.05, 0.1) is 12.7 Å². The Balaban J connectivity index is 2.00. The third-order valence-electron chi connectivity index (χ3n) is 3.00. The molecule has 1 fully saturated rings. The number of sulfonamides is 1. The highest BCUT2D eigenvalue weighted by molar-refractivity contribution is 7.89. The van der Waals surface area contributed by atoms with Crippen LogP contribution in [0.5, 0.6) is 5.75 Å². The molecule has 0 radical (unpaired) electrons. The molecule has 2 N–H and O–H groups in total.